The zero-order chi connectivity index (χ0) is 21.6. The monoisotopic (exact) mass is 415 g/mol. The number of carbonyl (C=O) groups is 2. The van der Waals surface area contributed by atoms with E-state index >= 15 is 0 Å². The molecule has 6 nitrogen and oxygen atoms in total. The number of carbonyl (C=O) groups excluding carboxylic acids is 2. The van der Waals surface area contributed by atoms with Gasteiger partial charge in [0.15, 0.2) is 0 Å². The van der Waals surface area contributed by atoms with E-state index in [4.69, 9.17) is 4.74 Å². The number of hydrogen-bond donors (Lipinski definition) is 1. The smallest absolute Gasteiger partial charge is 0.416 e. The van der Waals surface area contributed by atoms with Crippen molar-refractivity contribution in [2.45, 2.75) is 32.5 Å². The molecule has 0 unspecified atom stereocenters. The summed E-state index contributed by atoms with van der Waals surface area (Å²) in [6.45, 7) is 6.03. The minimum Gasteiger partial charge on any atom is -0.467 e. The predicted octanol–water partition coefficient (Wildman–Crippen LogP) is 2.53. The molecule has 1 aromatic rings. The van der Waals surface area contributed by atoms with Crippen molar-refractivity contribution in [1.29, 1.82) is 0 Å². The fourth-order valence-corrected chi connectivity index (χ4v) is 3.26. The minimum atomic E-state index is -4.37. The lowest BCUT2D eigenvalue weighted by atomic mass is 9.99. The van der Waals surface area contributed by atoms with Gasteiger partial charge in [-0.05, 0) is 24.1 Å². The van der Waals surface area contributed by atoms with E-state index in [9.17, 15) is 22.8 Å². The van der Waals surface area contributed by atoms with Crippen molar-refractivity contribution in [1.82, 2.24) is 10.2 Å². The molecule has 1 aromatic carbocycles. The van der Waals surface area contributed by atoms with Crippen LogP contribution in [0.1, 0.15) is 25.8 Å². The van der Waals surface area contributed by atoms with E-state index < -0.39 is 23.8 Å². The highest BCUT2D eigenvalue weighted by Crippen LogP contribution is 2.31. The second-order valence-electron chi connectivity index (χ2n) is 7.27. The normalized spacial score (nSPS) is 17.5. The number of nitrogens with zero attached hydrogens (tertiary/aromatic N) is 2. The molecule has 1 saturated heterocycles. The molecular formula is C20H28F3N3O3. The summed E-state index contributed by atoms with van der Waals surface area (Å²) in [4.78, 5) is 28.1. The van der Waals surface area contributed by atoms with Gasteiger partial charge in [-0.15, -0.1) is 0 Å². The molecule has 162 valence electrons. The van der Waals surface area contributed by atoms with Crippen molar-refractivity contribution < 1.29 is 27.5 Å². The van der Waals surface area contributed by atoms with Crippen LogP contribution < -0.4 is 10.2 Å². The molecule has 0 aromatic heterocycles. The number of nitrogens with one attached hydrogen (secondary N) is 1. The quantitative estimate of drug-likeness (QED) is 0.694. The van der Waals surface area contributed by atoms with Crippen LogP contribution in [0.2, 0.25) is 0 Å². The molecule has 1 heterocycles. The van der Waals surface area contributed by atoms with Gasteiger partial charge < -0.3 is 15.0 Å². The van der Waals surface area contributed by atoms with Crippen LogP contribution in [0.15, 0.2) is 24.3 Å². The maximum absolute atomic E-state index is 12.9. The van der Waals surface area contributed by atoms with Gasteiger partial charge in [0, 0.05) is 31.9 Å². The molecule has 1 aliphatic rings. The third-order valence-corrected chi connectivity index (χ3v) is 5.26. The zero-order valence-electron chi connectivity index (χ0n) is 17.0. The Kier molecular flexibility index (Phi) is 7.89. The van der Waals surface area contributed by atoms with Crippen LogP contribution in [0.25, 0.3) is 0 Å². The average molecular weight is 415 g/mol. The van der Waals surface area contributed by atoms with E-state index in [-0.39, 0.29) is 18.4 Å². The fourth-order valence-electron chi connectivity index (χ4n) is 3.26. The van der Waals surface area contributed by atoms with Gasteiger partial charge >= 0.3 is 12.1 Å². The summed E-state index contributed by atoms with van der Waals surface area (Å²) in [6.07, 6.45) is -3.66. The molecule has 0 bridgehead atoms. The van der Waals surface area contributed by atoms with E-state index in [0.717, 1.165) is 18.6 Å². The Morgan fingerprint density at radius 3 is 2.41 bits per heavy atom. The lowest BCUT2D eigenvalue weighted by Gasteiger charge is -2.36. The second kappa shape index (κ2) is 9.96. The Morgan fingerprint density at radius 1 is 1.21 bits per heavy atom. The zero-order valence-corrected chi connectivity index (χ0v) is 17.0. The number of esters is 1. The lowest BCUT2D eigenvalue weighted by Crippen LogP contribution is -2.52. The summed E-state index contributed by atoms with van der Waals surface area (Å²) in [7, 11) is 1.29. The van der Waals surface area contributed by atoms with Crippen LogP contribution in [0, 0.1) is 5.92 Å². The van der Waals surface area contributed by atoms with Crippen molar-refractivity contribution in [2.24, 2.45) is 5.92 Å². The first-order valence-corrected chi connectivity index (χ1v) is 9.67. The van der Waals surface area contributed by atoms with Crippen LogP contribution in [0.3, 0.4) is 0 Å². The summed E-state index contributed by atoms with van der Waals surface area (Å²) in [6, 6.07) is 4.57. The number of benzene rings is 1. The van der Waals surface area contributed by atoms with E-state index in [1.165, 1.54) is 13.2 Å². The van der Waals surface area contributed by atoms with Crippen molar-refractivity contribution in [3.8, 4) is 0 Å². The predicted molar refractivity (Wildman–Crippen MR) is 103 cm³/mol. The largest absolute Gasteiger partial charge is 0.467 e. The van der Waals surface area contributed by atoms with Crippen LogP contribution in [-0.2, 0) is 20.5 Å². The minimum absolute atomic E-state index is 0.0517. The van der Waals surface area contributed by atoms with Gasteiger partial charge in [-0.25, -0.2) is 4.79 Å². The Labute approximate surface area is 169 Å². The Balaban J connectivity index is 1.89. The number of rotatable bonds is 7. The Morgan fingerprint density at radius 2 is 1.86 bits per heavy atom. The summed E-state index contributed by atoms with van der Waals surface area (Å²) < 4.78 is 43.5. The molecule has 0 radical (unpaired) electrons. The van der Waals surface area contributed by atoms with Crippen molar-refractivity contribution in [3.05, 3.63) is 29.8 Å². The maximum atomic E-state index is 12.9. The number of amides is 1. The number of halogens is 3. The van der Waals surface area contributed by atoms with E-state index in [0.29, 0.717) is 31.9 Å². The number of piperazine rings is 1. The highest BCUT2D eigenvalue weighted by atomic mass is 19.4. The van der Waals surface area contributed by atoms with Gasteiger partial charge in [-0.3, -0.25) is 9.69 Å². The molecular weight excluding hydrogens is 387 g/mol. The lowest BCUT2D eigenvalue weighted by molar-refractivity contribution is -0.146. The summed E-state index contributed by atoms with van der Waals surface area (Å²) in [5.41, 5.74) is -0.151. The highest BCUT2D eigenvalue weighted by molar-refractivity contribution is 5.85. The Hall–Kier alpha value is -2.29. The average Bonchev–Trinajstić information content (AvgIpc) is 2.71. The standard InChI is InChI=1S/C20H28F3N3O3/c1-4-14(2)18(19(28)29-3)24-17(27)13-25-8-10-26(11-9-25)16-7-5-6-15(12-16)20(21,22)23/h5-7,12,14,18H,4,8-11,13H2,1-3H3,(H,24,27)/t14-,18+/m1/s1. The van der Waals surface area contributed by atoms with Gasteiger partial charge in [0.05, 0.1) is 19.2 Å². The van der Waals surface area contributed by atoms with E-state index in [1.807, 2.05) is 23.6 Å². The SMILES string of the molecule is CC[C@@H](C)[C@H](NC(=O)CN1CCN(c2cccc(C(F)(F)F)c2)CC1)C(=O)OC. The molecule has 0 aliphatic carbocycles. The Bertz CT molecular complexity index is 704. The van der Waals surface area contributed by atoms with Crippen LogP contribution >= 0.6 is 0 Å². The molecule has 9 heteroatoms. The van der Waals surface area contributed by atoms with Gasteiger partial charge in [0.1, 0.15) is 6.04 Å². The first-order chi connectivity index (χ1) is 13.7. The molecule has 2 rings (SSSR count). The molecule has 2 atom stereocenters. The molecule has 29 heavy (non-hydrogen) atoms. The third-order valence-electron chi connectivity index (χ3n) is 5.26. The van der Waals surface area contributed by atoms with Gasteiger partial charge in [0.2, 0.25) is 5.91 Å². The molecule has 1 N–H and O–H groups in total. The number of methoxy groups -OCH3 is 1. The number of ether oxygens (including phenoxy) is 1. The second-order valence-corrected chi connectivity index (χ2v) is 7.27. The van der Waals surface area contributed by atoms with Crippen molar-refractivity contribution in [3.63, 3.8) is 0 Å². The summed E-state index contributed by atoms with van der Waals surface area (Å²) in [5.74, 6) is -0.792. The topological polar surface area (TPSA) is 61.9 Å². The van der Waals surface area contributed by atoms with E-state index in [2.05, 4.69) is 5.32 Å². The summed E-state index contributed by atoms with van der Waals surface area (Å²) in [5, 5.41) is 2.74. The van der Waals surface area contributed by atoms with Crippen LogP contribution in [0.4, 0.5) is 18.9 Å². The van der Waals surface area contributed by atoms with Crippen molar-refractivity contribution >= 4 is 17.6 Å². The van der Waals surface area contributed by atoms with Crippen molar-refractivity contribution in [2.75, 3.05) is 44.7 Å². The number of anilines is 1. The molecule has 1 amide bonds. The number of alkyl halides is 3. The van der Waals surface area contributed by atoms with Gasteiger partial charge in [-0.2, -0.15) is 13.2 Å². The van der Waals surface area contributed by atoms with Crippen LogP contribution in [-0.4, -0.2) is 62.7 Å². The van der Waals surface area contributed by atoms with Gasteiger partial charge in [-0.1, -0.05) is 26.3 Å². The number of hydrogen-bond acceptors (Lipinski definition) is 5. The summed E-state index contributed by atoms with van der Waals surface area (Å²) >= 11 is 0. The van der Waals surface area contributed by atoms with E-state index in [1.54, 1.807) is 6.07 Å². The maximum Gasteiger partial charge on any atom is 0.416 e. The first-order valence-electron chi connectivity index (χ1n) is 9.67. The highest BCUT2D eigenvalue weighted by Gasteiger charge is 2.31. The molecule has 0 saturated carbocycles. The first kappa shape index (κ1) is 23.0. The van der Waals surface area contributed by atoms with Crippen LogP contribution in [0.5, 0.6) is 0 Å². The fraction of sp³-hybridized carbons (Fsp3) is 0.600. The molecule has 1 aliphatic heterocycles. The molecule has 0 spiro atoms. The third kappa shape index (κ3) is 6.35. The molecule has 1 fully saturated rings. The van der Waals surface area contributed by atoms with Gasteiger partial charge in [0.25, 0.3) is 0 Å².